The molecule has 0 amide bonds. The molecular formula is C14H9Cl2FNO4S-. The van der Waals surface area contributed by atoms with E-state index < -0.39 is 32.3 Å². The summed E-state index contributed by atoms with van der Waals surface area (Å²) in [7, 11) is -4.26. The van der Waals surface area contributed by atoms with Crippen molar-refractivity contribution in [2.75, 3.05) is 0 Å². The Balaban J connectivity index is 2.26. The average Bonchev–Trinajstić information content (AvgIpc) is 2.48. The lowest BCUT2D eigenvalue weighted by molar-refractivity contribution is -0.255. The summed E-state index contributed by atoms with van der Waals surface area (Å²) in [5.74, 6) is -2.68. The highest BCUT2D eigenvalue weighted by molar-refractivity contribution is 7.89. The number of carboxylic acids is 1. The summed E-state index contributed by atoms with van der Waals surface area (Å²) >= 11 is 11.6. The molecule has 0 aliphatic rings. The van der Waals surface area contributed by atoms with Crippen LogP contribution in [0.1, 0.15) is 15.9 Å². The van der Waals surface area contributed by atoms with Crippen LogP contribution in [0.5, 0.6) is 0 Å². The van der Waals surface area contributed by atoms with Gasteiger partial charge in [0, 0.05) is 6.54 Å². The quantitative estimate of drug-likeness (QED) is 0.863. The third-order valence-corrected chi connectivity index (χ3v) is 5.06. The molecule has 0 spiro atoms. The van der Waals surface area contributed by atoms with Gasteiger partial charge in [0.25, 0.3) is 0 Å². The second-order valence-electron chi connectivity index (χ2n) is 4.51. The lowest BCUT2D eigenvalue weighted by Gasteiger charge is -2.10. The van der Waals surface area contributed by atoms with Crippen molar-refractivity contribution in [2.45, 2.75) is 11.4 Å². The summed E-state index contributed by atoms with van der Waals surface area (Å²) in [5, 5.41) is 11.3. The molecule has 2 aromatic carbocycles. The molecule has 9 heteroatoms. The summed E-state index contributed by atoms with van der Waals surface area (Å²) in [6.07, 6.45) is 0. The molecule has 0 heterocycles. The second kappa shape index (κ2) is 6.84. The fourth-order valence-electron chi connectivity index (χ4n) is 1.74. The largest absolute Gasteiger partial charge is 0.545 e. The van der Waals surface area contributed by atoms with E-state index >= 15 is 0 Å². The summed E-state index contributed by atoms with van der Waals surface area (Å²) < 4.78 is 40.1. The highest BCUT2D eigenvalue weighted by atomic mass is 35.5. The standard InChI is InChI=1S/C14H10Cl2FNO4S/c15-10-3-1-8(5-11(10)16)7-18-23(21,22)13-6-9(14(19)20)2-4-12(13)17/h1-6,18H,7H2,(H,19,20)/p-1. The molecule has 0 aromatic heterocycles. The molecule has 0 fully saturated rings. The number of sulfonamides is 1. The van der Waals surface area contributed by atoms with E-state index in [2.05, 4.69) is 4.72 Å². The average molecular weight is 377 g/mol. The van der Waals surface area contributed by atoms with Crippen LogP contribution in [0, 0.1) is 5.82 Å². The van der Waals surface area contributed by atoms with Gasteiger partial charge in [0.05, 0.1) is 16.0 Å². The third-order valence-electron chi connectivity index (χ3n) is 2.91. The van der Waals surface area contributed by atoms with Crippen LogP contribution in [-0.4, -0.2) is 14.4 Å². The van der Waals surface area contributed by atoms with E-state index in [1.165, 1.54) is 12.1 Å². The van der Waals surface area contributed by atoms with E-state index in [4.69, 9.17) is 23.2 Å². The zero-order chi connectivity index (χ0) is 17.2. The van der Waals surface area contributed by atoms with Gasteiger partial charge in [-0.1, -0.05) is 35.3 Å². The van der Waals surface area contributed by atoms with Crippen molar-refractivity contribution in [2.24, 2.45) is 0 Å². The minimum absolute atomic E-state index is 0.172. The molecule has 0 radical (unpaired) electrons. The maximum Gasteiger partial charge on any atom is 0.243 e. The van der Waals surface area contributed by atoms with Crippen LogP contribution in [0.4, 0.5) is 4.39 Å². The van der Waals surface area contributed by atoms with Crippen molar-refractivity contribution < 1.29 is 22.7 Å². The van der Waals surface area contributed by atoms with Crippen LogP contribution in [-0.2, 0) is 16.6 Å². The van der Waals surface area contributed by atoms with Crippen LogP contribution >= 0.6 is 23.2 Å². The van der Waals surface area contributed by atoms with Crippen LogP contribution in [0.3, 0.4) is 0 Å². The fourth-order valence-corrected chi connectivity index (χ4v) is 3.18. The predicted octanol–water partition coefficient (Wildman–Crippen LogP) is 1.97. The Bertz CT molecular complexity index is 871. The minimum atomic E-state index is -4.26. The molecule has 0 aliphatic carbocycles. The van der Waals surface area contributed by atoms with Gasteiger partial charge in [-0.05, 0) is 35.4 Å². The summed E-state index contributed by atoms with van der Waals surface area (Å²) in [6, 6.07) is 6.86. The van der Waals surface area contributed by atoms with Gasteiger partial charge in [0.15, 0.2) is 0 Å². The first kappa shape index (κ1) is 17.7. The van der Waals surface area contributed by atoms with E-state index in [9.17, 15) is 22.7 Å². The number of carbonyl (C=O) groups is 1. The molecule has 23 heavy (non-hydrogen) atoms. The Morgan fingerprint density at radius 3 is 2.43 bits per heavy atom. The van der Waals surface area contributed by atoms with Gasteiger partial charge >= 0.3 is 0 Å². The number of nitrogens with one attached hydrogen (secondary N) is 1. The molecule has 5 nitrogen and oxygen atoms in total. The van der Waals surface area contributed by atoms with Crippen LogP contribution in [0.15, 0.2) is 41.3 Å². The lowest BCUT2D eigenvalue weighted by atomic mass is 10.2. The molecule has 2 aromatic rings. The van der Waals surface area contributed by atoms with Crippen LogP contribution in [0.25, 0.3) is 0 Å². The molecule has 0 aliphatic heterocycles. The van der Waals surface area contributed by atoms with E-state index in [0.717, 1.165) is 12.1 Å². The highest BCUT2D eigenvalue weighted by Gasteiger charge is 2.19. The zero-order valence-corrected chi connectivity index (χ0v) is 13.7. The Morgan fingerprint density at radius 2 is 1.83 bits per heavy atom. The molecule has 2 rings (SSSR count). The second-order valence-corrected chi connectivity index (χ2v) is 7.06. The van der Waals surface area contributed by atoms with Crippen molar-refractivity contribution in [3.05, 3.63) is 63.4 Å². The van der Waals surface area contributed by atoms with Crippen molar-refractivity contribution >= 4 is 39.2 Å². The van der Waals surface area contributed by atoms with Crippen molar-refractivity contribution in [3.8, 4) is 0 Å². The third kappa shape index (κ3) is 4.20. The highest BCUT2D eigenvalue weighted by Crippen LogP contribution is 2.23. The number of benzene rings is 2. The number of hydrogen-bond acceptors (Lipinski definition) is 4. The fraction of sp³-hybridized carbons (Fsp3) is 0.0714. The number of hydrogen-bond donors (Lipinski definition) is 1. The molecular weight excluding hydrogens is 368 g/mol. The van der Waals surface area contributed by atoms with Gasteiger partial charge in [-0.3, -0.25) is 0 Å². The van der Waals surface area contributed by atoms with Gasteiger partial charge in [-0.15, -0.1) is 0 Å². The smallest absolute Gasteiger partial charge is 0.243 e. The molecule has 1 N–H and O–H groups in total. The van der Waals surface area contributed by atoms with Gasteiger partial charge in [0.1, 0.15) is 10.7 Å². The molecule has 0 unspecified atom stereocenters. The Morgan fingerprint density at radius 1 is 1.13 bits per heavy atom. The molecule has 0 atom stereocenters. The number of aromatic carboxylic acids is 1. The summed E-state index contributed by atoms with van der Waals surface area (Å²) in [5.41, 5.74) is 0.0563. The Kier molecular flexibility index (Phi) is 5.26. The zero-order valence-electron chi connectivity index (χ0n) is 11.3. The van der Waals surface area contributed by atoms with Gasteiger partial charge in [-0.25, -0.2) is 17.5 Å². The van der Waals surface area contributed by atoms with Crippen molar-refractivity contribution in [1.29, 1.82) is 0 Å². The van der Waals surface area contributed by atoms with Gasteiger partial charge in [0.2, 0.25) is 10.0 Å². The van der Waals surface area contributed by atoms with E-state index in [0.29, 0.717) is 16.7 Å². The SMILES string of the molecule is O=C([O-])c1ccc(F)c(S(=O)(=O)NCc2ccc(Cl)c(Cl)c2)c1. The molecule has 122 valence electrons. The first-order valence-electron chi connectivity index (χ1n) is 6.15. The molecule has 0 bridgehead atoms. The van der Waals surface area contributed by atoms with E-state index in [-0.39, 0.29) is 11.6 Å². The molecule has 0 saturated carbocycles. The normalized spacial score (nSPS) is 11.4. The number of carboxylic acid groups (broad SMARTS) is 1. The van der Waals surface area contributed by atoms with Gasteiger partial charge in [-0.2, -0.15) is 0 Å². The first-order valence-corrected chi connectivity index (χ1v) is 8.39. The number of rotatable bonds is 5. The first-order chi connectivity index (χ1) is 10.7. The monoisotopic (exact) mass is 376 g/mol. The Hall–Kier alpha value is -1.67. The van der Waals surface area contributed by atoms with Crippen LogP contribution in [0.2, 0.25) is 10.0 Å². The van der Waals surface area contributed by atoms with Crippen molar-refractivity contribution in [3.63, 3.8) is 0 Å². The van der Waals surface area contributed by atoms with E-state index in [1.807, 2.05) is 0 Å². The Labute approximate surface area is 141 Å². The topological polar surface area (TPSA) is 86.3 Å². The minimum Gasteiger partial charge on any atom is -0.545 e. The van der Waals surface area contributed by atoms with Crippen molar-refractivity contribution in [1.82, 2.24) is 4.72 Å². The lowest BCUT2D eigenvalue weighted by Crippen LogP contribution is -2.26. The van der Waals surface area contributed by atoms with Crippen LogP contribution < -0.4 is 9.83 Å². The number of halogens is 3. The maximum atomic E-state index is 13.7. The summed E-state index contributed by atoms with van der Waals surface area (Å²) in [4.78, 5) is 9.99. The number of carbonyl (C=O) groups excluding carboxylic acids is 1. The maximum absolute atomic E-state index is 13.7. The molecule has 0 saturated heterocycles. The summed E-state index contributed by atoms with van der Waals surface area (Å²) in [6.45, 7) is -0.172. The predicted molar refractivity (Wildman–Crippen MR) is 81.2 cm³/mol. The van der Waals surface area contributed by atoms with E-state index in [1.54, 1.807) is 6.07 Å². The van der Waals surface area contributed by atoms with Gasteiger partial charge < -0.3 is 9.90 Å².